The quantitative estimate of drug-likeness (QED) is 0.565. The van der Waals surface area contributed by atoms with Crippen LogP contribution in [0.2, 0.25) is 0 Å². The van der Waals surface area contributed by atoms with Crippen LogP contribution in [0.4, 0.5) is 5.82 Å². The van der Waals surface area contributed by atoms with E-state index in [0.29, 0.717) is 23.4 Å². The molecule has 136 valence electrons. The maximum atomic E-state index is 11.3. The third-order valence-electron chi connectivity index (χ3n) is 4.51. The normalized spacial score (nSPS) is 11.0. The van der Waals surface area contributed by atoms with Crippen molar-refractivity contribution in [3.05, 3.63) is 65.6 Å². The van der Waals surface area contributed by atoms with Crippen molar-refractivity contribution in [1.82, 2.24) is 14.4 Å². The molecule has 0 aliphatic carbocycles. The second-order valence-electron chi connectivity index (χ2n) is 6.22. The highest BCUT2D eigenvalue weighted by Crippen LogP contribution is 2.25. The molecule has 0 fully saturated rings. The number of methoxy groups -OCH3 is 1. The van der Waals surface area contributed by atoms with Gasteiger partial charge in [0.15, 0.2) is 5.82 Å². The van der Waals surface area contributed by atoms with Gasteiger partial charge in [0.25, 0.3) is 0 Å². The van der Waals surface area contributed by atoms with Crippen LogP contribution in [0.1, 0.15) is 21.6 Å². The number of carbonyl (C=O) groups is 1. The van der Waals surface area contributed by atoms with Crippen molar-refractivity contribution in [3.8, 4) is 5.75 Å². The molecule has 2 aromatic carbocycles. The average molecular weight is 362 g/mol. The fourth-order valence-corrected chi connectivity index (χ4v) is 3.08. The minimum Gasteiger partial charge on any atom is -0.497 e. The second kappa shape index (κ2) is 6.60. The van der Waals surface area contributed by atoms with Gasteiger partial charge in [-0.3, -0.25) is 4.40 Å². The molecule has 0 bridgehead atoms. The first-order chi connectivity index (χ1) is 13.1. The first kappa shape index (κ1) is 16.8. The second-order valence-corrected chi connectivity index (χ2v) is 6.22. The van der Waals surface area contributed by atoms with Gasteiger partial charge in [-0.1, -0.05) is 12.1 Å². The van der Waals surface area contributed by atoms with Crippen molar-refractivity contribution in [2.75, 3.05) is 12.4 Å². The third-order valence-corrected chi connectivity index (χ3v) is 4.51. The SMILES string of the molecule is COc1ccc(CNc2nc3ccc(C(=O)O)cc3n3cnc(C)c23)cc1. The molecule has 0 aliphatic heterocycles. The summed E-state index contributed by atoms with van der Waals surface area (Å²) in [5, 5.41) is 12.6. The van der Waals surface area contributed by atoms with E-state index in [1.54, 1.807) is 31.6 Å². The number of fused-ring (bicyclic) bond motifs is 3. The molecule has 4 rings (SSSR count). The Morgan fingerprint density at radius 2 is 2.00 bits per heavy atom. The minimum atomic E-state index is -0.969. The molecule has 0 saturated carbocycles. The van der Waals surface area contributed by atoms with Crippen molar-refractivity contribution in [2.45, 2.75) is 13.5 Å². The van der Waals surface area contributed by atoms with Gasteiger partial charge in [0.05, 0.1) is 29.4 Å². The smallest absolute Gasteiger partial charge is 0.335 e. The lowest BCUT2D eigenvalue weighted by Crippen LogP contribution is -2.05. The fraction of sp³-hybridized carbons (Fsp3) is 0.150. The van der Waals surface area contributed by atoms with Crippen molar-refractivity contribution in [2.24, 2.45) is 0 Å². The Hall–Kier alpha value is -3.61. The van der Waals surface area contributed by atoms with Crippen LogP contribution in [0.25, 0.3) is 16.6 Å². The number of hydrogen-bond acceptors (Lipinski definition) is 5. The Balaban J connectivity index is 1.75. The number of ether oxygens (including phenoxy) is 1. The zero-order valence-electron chi connectivity index (χ0n) is 14.9. The lowest BCUT2D eigenvalue weighted by atomic mass is 10.2. The van der Waals surface area contributed by atoms with Gasteiger partial charge in [-0.15, -0.1) is 0 Å². The van der Waals surface area contributed by atoms with Gasteiger partial charge >= 0.3 is 5.97 Å². The van der Waals surface area contributed by atoms with E-state index in [1.165, 1.54) is 0 Å². The van der Waals surface area contributed by atoms with Crippen LogP contribution in [0.3, 0.4) is 0 Å². The summed E-state index contributed by atoms with van der Waals surface area (Å²) in [6.07, 6.45) is 1.69. The monoisotopic (exact) mass is 362 g/mol. The Kier molecular flexibility index (Phi) is 4.12. The molecular formula is C20H18N4O3. The molecule has 27 heavy (non-hydrogen) atoms. The number of carboxylic acids is 1. The molecule has 0 spiro atoms. The first-order valence-corrected chi connectivity index (χ1v) is 8.44. The van der Waals surface area contributed by atoms with E-state index in [4.69, 9.17) is 9.72 Å². The predicted octanol–water partition coefficient (Wildman–Crippen LogP) is 3.51. The van der Waals surface area contributed by atoms with Gasteiger partial charge in [-0.2, -0.15) is 0 Å². The van der Waals surface area contributed by atoms with Gasteiger partial charge in [0.2, 0.25) is 0 Å². The number of hydrogen-bond donors (Lipinski definition) is 2. The molecule has 0 saturated heterocycles. The molecule has 4 aromatic rings. The van der Waals surface area contributed by atoms with Crippen LogP contribution in [-0.2, 0) is 6.54 Å². The molecule has 0 atom stereocenters. The topological polar surface area (TPSA) is 88.8 Å². The number of aromatic carboxylic acids is 1. The first-order valence-electron chi connectivity index (χ1n) is 8.44. The lowest BCUT2D eigenvalue weighted by Gasteiger charge is -2.11. The number of anilines is 1. The number of carboxylic acid groups (broad SMARTS) is 1. The van der Waals surface area contributed by atoms with Crippen molar-refractivity contribution in [1.29, 1.82) is 0 Å². The summed E-state index contributed by atoms with van der Waals surface area (Å²) in [5.74, 6) is 0.547. The molecule has 0 amide bonds. The number of nitrogens with one attached hydrogen (secondary N) is 1. The summed E-state index contributed by atoms with van der Waals surface area (Å²) in [7, 11) is 1.64. The van der Waals surface area contributed by atoms with Crippen LogP contribution in [-0.4, -0.2) is 32.6 Å². The Morgan fingerprint density at radius 1 is 1.22 bits per heavy atom. The van der Waals surface area contributed by atoms with E-state index >= 15 is 0 Å². The Morgan fingerprint density at radius 3 is 2.70 bits per heavy atom. The number of imidazole rings is 1. The number of benzene rings is 2. The van der Waals surface area contributed by atoms with Crippen LogP contribution in [0.15, 0.2) is 48.8 Å². The van der Waals surface area contributed by atoms with Gasteiger partial charge in [0.1, 0.15) is 17.6 Å². The Labute approximate surface area is 155 Å². The van der Waals surface area contributed by atoms with Gasteiger partial charge in [0, 0.05) is 6.54 Å². The number of rotatable bonds is 5. The van der Waals surface area contributed by atoms with Crippen LogP contribution in [0.5, 0.6) is 5.75 Å². The van der Waals surface area contributed by atoms with Crippen molar-refractivity contribution < 1.29 is 14.6 Å². The Bertz CT molecular complexity index is 1150. The summed E-state index contributed by atoms with van der Waals surface area (Å²) in [5.41, 5.74) is 4.37. The molecule has 0 unspecified atom stereocenters. The number of nitrogens with zero attached hydrogens (tertiary/aromatic N) is 3. The third kappa shape index (κ3) is 3.03. The summed E-state index contributed by atoms with van der Waals surface area (Å²) < 4.78 is 7.06. The highest BCUT2D eigenvalue weighted by Gasteiger charge is 2.14. The van der Waals surface area contributed by atoms with Crippen LogP contribution in [0, 0.1) is 6.92 Å². The zero-order chi connectivity index (χ0) is 19.0. The maximum absolute atomic E-state index is 11.3. The molecule has 2 aromatic heterocycles. The highest BCUT2D eigenvalue weighted by molar-refractivity contribution is 5.94. The lowest BCUT2D eigenvalue weighted by molar-refractivity contribution is 0.0697. The minimum absolute atomic E-state index is 0.218. The van der Waals surface area contributed by atoms with Crippen LogP contribution < -0.4 is 10.1 Å². The molecule has 0 aliphatic rings. The average Bonchev–Trinajstić information content (AvgIpc) is 3.08. The molecule has 7 nitrogen and oxygen atoms in total. The largest absolute Gasteiger partial charge is 0.497 e. The number of aryl methyl sites for hydroxylation is 1. The van der Waals surface area contributed by atoms with Gasteiger partial charge in [-0.05, 0) is 42.8 Å². The van der Waals surface area contributed by atoms with E-state index in [-0.39, 0.29) is 5.56 Å². The summed E-state index contributed by atoms with van der Waals surface area (Å²) in [6, 6.07) is 12.7. The van der Waals surface area contributed by atoms with Crippen LogP contribution >= 0.6 is 0 Å². The fourth-order valence-electron chi connectivity index (χ4n) is 3.08. The predicted molar refractivity (Wildman–Crippen MR) is 103 cm³/mol. The molecular weight excluding hydrogens is 344 g/mol. The van der Waals surface area contributed by atoms with E-state index in [2.05, 4.69) is 10.3 Å². The molecule has 2 N–H and O–H groups in total. The van der Waals surface area contributed by atoms with E-state index < -0.39 is 5.97 Å². The summed E-state index contributed by atoms with van der Waals surface area (Å²) in [6.45, 7) is 2.50. The number of aromatic nitrogens is 3. The van der Waals surface area contributed by atoms with Crippen molar-refractivity contribution in [3.63, 3.8) is 0 Å². The zero-order valence-corrected chi connectivity index (χ0v) is 14.9. The van der Waals surface area contributed by atoms with E-state index in [9.17, 15) is 9.90 Å². The summed E-state index contributed by atoms with van der Waals surface area (Å²) >= 11 is 0. The van der Waals surface area contributed by atoms with E-state index in [1.807, 2.05) is 35.6 Å². The maximum Gasteiger partial charge on any atom is 0.335 e. The summed E-state index contributed by atoms with van der Waals surface area (Å²) in [4.78, 5) is 20.4. The van der Waals surface area contributed by atoms with Gasteiger partial charge < -0.3 is 15.2 Å². The molecule has 2 heterocycles. The standard InChI is InChI=1S/C20H18N4O3/c1-12-18-19(21-10-13-3-6-15(27-2)7-4-13)23-16-8-5-14(20(25)26)9-17(16)24(18)11-22-12/h3-9,11H,10H2,1-2H3,(H,21,23)(H,25,26). The molecule has 0 radical (unpaired) electrons. The van der Waals surface area contributed by atoms with E-state index in [0.717, 1.165) is 22.5 Å². The highest BCUT2D eigenvalue weighted by atomic mass is 16.5. The van der Waals surface area contributed by atoms with Crippen molar-refractivity contribution >= 4 is 28.3 Å². The molecule has 7 heteroatoms. The van der Waals surface area contributed by atoms with Gasteiger partial charge in [-0.25, -0.2) is 14.8 Å².